The molecular weight excluding hydrogens is 541 g/mol. The summed E-state index contributed by atoms with van der Waals surface area (Å²) in [6.45, 7) is 0.924. The number of alkyl halides is 5. The van der Waals surface area contributed by atoms with E-state index in [0.717, 1.165) is 23.1 Å². The van der Waals surface area contributed by atoms with Crippen molar-refractivity contribution < 1.29 is 40.3 Å². The summed E-state index contributed by atoms with van der Waals surface area (Å²) in [6.07, 6.45) is -5.64. The molecule has 0 bridgehead atoms. The van der Waals surface area contributed by atoms with Gasteiger partial charge in [-0.15, -0.1) is 0 Å². The predicted molar refractivity (Wildman–Crippen MR) is 127 cm³/mol. The Labute approximate surface area is 217 Å². The molecule has 0 saturated carbocycles. The lowest BCUT2D eigenvalue weighted by molar-refractivity contribution is -0.137. The summed E-state index contributed by atoms with van der Waals surface area (Å²) in [5, 5.41) is 2.13. The number of carbonyl (C=O) groups excluding carboxylic acids is 2. The summed E-state index contributed by atoms with van der Waals surface area (Å²) >= 11 is 5.98. The molecule has 3 aromatic carbocycles. The summed E-state index contributed by atoms with van der Waals surface area (Å²) in [7, 11) is 0. The van der Waals surface area contributed by atoms with Gasteiger partial charge < -0.3 is 10.2 Å². The average molecular weight is 559 g/mol. The molecular formula is C26H18ClF7N2O2. The molecule has 1 atom stereocenters. The highest BCUT2D eigenvalue weighted by atomic mass is 35.5. The number of nitrogens with one attached hydrogen (secondary N) is 1. The first kappa shape index (κ1) is 27.4. The molecule has 4 nitrogen and oxygen atoms in total. The van der Waals surface area contributed by atoms with E-state index in [9.17, 15) is 40.3 Å². The second kappa shape index (κ2) is 9.94. The molecule has 0 aliphatic carbocycles. The molecule has 12 heteroatoms. The number of fused-ring (bicyclic) bond motifs is 1. The minimum atomic E-state index is -4.98. The topological polar surface area (TPSA) is 49.4 Å². The third-order valence-corrected chi connectivity index (χ3v) is 6.53. The van der Waals surface area contributed by atoms with Gasteiger partial charge >= 0.3 is 6.18 Å². The van der Waals surface area contributed by atoms with E-state index in [1.807, 2.05) is 5.32 Å². The maximum absolute atomic E-state index is 14.9. The molecule has 0 saturated heterocycles. The van der Waals surface area contributed by atoms with Crippen molar-refractivity contribution >= 4 is 34.8 Å². The van der Waals surface area contributed by atoms with Gasteiger partial charge in [-0.05, 0) is 60.2 Å². The maximum atomic E-state index is 14.9. The second-order valence-electron chi connectivity index (χ2n) is 8.73. The van der Waals surface area contributed by atoms with Gasteiger partial charge in [0.05, 0.1) is 16.8 Å². The molecule has 0 aromatic heterocycles. The number of hydrogen-bond acceptors (Lipinski definition) is 2. The first-order valence-corrected chi connectivity index (χ1v) is 11.5. The van der Waals surface area contributed by atoms with Crippen LogP contribution in [0.4, 0.5) is 42.1 Å². The SMILES string of the molecule is C[C@@H]1c2cc(Cl)ccc2N(C(=O)c2ccc(NC(=O)c3cc(F)ccc3C(F)(F)F)c(F)c2)CCC1(F)F. The van der Waals surface area contributed by atoms with Crippen LogP contribution in [0.1, 0.15) is 51.1 Å². The normalized spacial score (nSPS) is 17.0. The fraction of sp³-hybridized carbons (Fsp3) is 0.231. The molecule has 0 radical (unpaired) electrons. The standard InChI is InChI=1S/C26H18ClF7N2O2/c1-13-17-11-15(27)3-7-22(17)36(9-8-25(13,30)31)24(38)14-2-6-21(20(29)10-14)35-23(37)18-12-16(28)4-5-19(18)26(32,33)34/h2-7,10-13H,8-9H2,1H3,(H,35,37)/t13-/m1/s1. The van der Waals surface area contributed by atoms with Gasteiger partial charge in [-0.3, -0.25) is 9.59 Å². The number of carbonyl (C=O) groups is 2. The van der Waals surface area contributed by atoms with Gasteiger partial charge in [0.25, 0.3) is 17.7 Å². The maximum Gasteiger partial charge on any atom is 0.417 e. The van der Waals surface area contributed by atoms with Gasteiger partial charge in [-0.1, -0.05) is 18.5 Å². The summed E-state index contributed by atoms with van der Waals surface area (Å²) in [4.78, 5) is 26.8. The van der Waals surface area contributed by atoms with Crippen LogP contribution in [0.3, 0.4) is 0 Å². The number of benzene rings is 3. The molecule has 2 amide bonds. The Hall–Kier alpha value is -3.60. The minimum Gasteiger partial charge on any atom is -0.319 e. The highest BCUT2D eigenvalue weighted by Crippen LogP contribution is 2.44. The van der Waals surface area contributed by atoms with Crippen LogP contribution in [0, 0.1) is 11.6 Å². The zero-order valence-electron chi connectivity index (χ0n) is 19.5. The first-order chi connectivity index (χ1) is 17.7. The Morgan fingerprint density at radius 3 is 2.39 bits per heavy atom. The van der Waals surface area contributed by atoms with Gasteiger partial charge in [-0.2, -0.15) is 13.2 Å². The van der Waals surface area contributed by atoms with Crippen LogP contribution >= 0.6 is 11.6 Å². The van der Waals surface area contributed by atoms with Crippen LogP contribution < -0.4 is 10.2 Å². The fourth-order valence-electron chi connectivity index (χ4n) is 4.20. The highest BCUT2D eigenvalue weighted by Gasteiger charge is 2.43. The molecule has 4 rings (SSSR count). The molecule has 3 aromatic rings. The highest BCUT2D eigenvalue weighted by molar-refractivity contribution is 6.30. The Bertz CT molecular complexity index is 1430. The number of anilines is 2. The molecule has 0 unspecified atom stereocenters. The number of hydrogen-bond donors (Lipinski definition) is 1. The van der Waals surface area contributed by atoms with E-state index in [0.29, 0.717) is 18.2 Å². The molecule has 1 aliphatic rings. The van der Waals surface area contributed by atoms with E-state index in [1.165, 1.54) is 25.1 Å². The van der Waals surface area contributed by atoms with Crippen molar-refractivity contribution in [2.75, 3.05) is 16.8 Å². The lowest BCUT2D eigenvalue weighted by Gasteiger charge is -2.24. The van der Waals surface area contributed by atoms with Gasteiger partial charge in [-0.25, -0.2) is 17.6 Å². The lowest BCUT2D eigenvalue weighted by Crippen LogP contribution is -2.33. The zero-order chi connectivity index (χ0) is 28.0. The zero-order valence-corrected chi connectivity index (χ0v) is 20.2. The summed E-state index contributed by atoms with van der Waals surface area (Å²) in [5.74, 6) is -8.95. The number of halogens is 8. The van der Waals surface area contributed by atoms with E-state index in [2.05, 4.69) is 0 Å². The van der Waals surface area contributed by atoms with Crippen molar-refractivity contribution in [3.63, 3.8) is 0 Å². The number of rotatable bonds is 3. The number of amides is 2. The van der Waals surface area contributed by atoms with Crippen molar-refractivity contribution in [2.45, 2.75) is 31.4 Å². The smallest absolute Gasteiger partial charge is 0.319 e. The van der Waals surface area contributed by atoms with E-state index in [1.54, 1.807) is 0 Å². The van der Waals surface area contributed by atoms with E-state index < -0.39 is 64.7 Å². The molecule has 1 aliphatic heterocycles. The van der Waals surface area contributed by atoms with Gasteiger partial charge in [0.15, 0.2) is 0 Å². The lowest BCUT2D eigenvalue weighted by atomic mass is 9.92. The van der Waals surface area contributed by atoms with Crippen LogP contribution in [0.5, 0.6) is 0 Å². The average Bonchev–Trinajstić information content (AvgIpc) is 2.93. The van der Waals surface area contributed by atoms with Crippen molar-refractivity contribution in [2.24, 2.45) is 0 Å². The van der Waals surface area contributed by atoms with Crippen molar-refractivity contribution in [3.8, 4) is 0 Å². The van der Waals surface area contributed by atoms with Crippen molar-refractivity contribution in [1.82, 2.24) is 0 Å². The van der Waals surface area contributed by atoms with Crippen molar-refractivity contribution in [1.29, 1.82) is 0 Å². The minimum absolute atomic E-state index is 0.133. The fourth-order valence-corrected chi connectivity index (χ4v) is 4.38. The number of nitrogens with zero attached hydrogens (tertiary/aromatic N) is 1. The van der Waals surface area contributed by atoms with Crippen LogP contribution in [0.15, 0.2) is 54.6 Å². The first-order valence-electron chi connectivity index (χ1n) is 11.2. The van der Waals surface area contributed by atoms with Gasteiger partial charge in [0.1, 0.15) is 11.6 Å². The van der Waals surface area contributed by atoms with Crippen molar-refractivity contribution in [3.05, 3.63) is 93.5 Å². The Kier molecular flexibility index (Phi) is 7.17. The Morgan fingerprint density at radius 2 is 1.74 bits per heavy atom. The summed E-state index contributed by atoms with van der Waals surface area (Å²) in [5.41, 5.74) is -3.02. The van der Waals surface area contributed by atoms with Gasteiger partial charge in [0.2, 0.25) is 0 Å². The Morgan fingerprint density at radius 1 is 1.03 bits per heavy atom. The third kappa shape index (κ3) is 5.33. The third-order valence-electron chi connectivity index (χ3n) is 6.29. The molecule has 1 heterocycles. The van der Waals surface area contributed by atoms with Crippen LogP contribution in [-0.4, -0.2) is 24.3 Å². The molecule has 0 fully saturated rings. The van der Waals surface area contributed by atoms with Crippen LogP contribution in [0.25, 0.3) is 0 Å². The molecule has 200 valence electrons. The Balaban J connectivity index is 1.63. The second-order valence-corrected chi connectivity index (χ2v) is 9.17. The molecule has 38 heavy (non-hydrogen) atoms. The van der Waals surface area contributed by atoms with Crippen LogP contribution in [0.2, 0.25) is 5.02 Å². The van der Waals surface area contributed by atoms with E-state index >= 15 is 0 Å². The van der Waals surface area contributed by atoms with E-state index in [-0.39, 0.29) is 28.4 Å². The molecule has 1 N–H and O–H groups in total. The van der Waals surface area contributed by atoms with Crippen LogP contribution in [-0.2, 0) is 6.18 Å². The monoisotopic (exact) mass is 558 g/mol. The predicted octanol–water partition coefficient (Wildman–Crippen LogP) is 7.68. The quantitative estimate of drug-likeness (QED) is 0.335. The summed E-state index contributed by atoms with van der Waals surface area (Å²) < 4.78 is 97.4. The van der Waals surface area contributed by atoms with Gasteiger partial charge in [0, 0.05) is 35.2 Å². The largest absolute Gasteiger partial charge is 0.417 e. The molecule has 0 spiro atoms. The van der Waals surface area contributed by atoms with E-state index in [4.69, 9.17) is 11.6 Å². The summed E-state index contributed by atoms with van der Waals surface area (Å²) in [6, 6.07) is 8.20.